The molecule has 1 aliphatic rings. The fraction of sp³-hybridized carbons (Fsp3) is 0.214. The lowest BCUT2D eigenvalue weighted by molar-refractivity contribution is 0.128. The summed E-state index contributed by atoms with van der Waals surface area (Å²) in [4.78, 5) is 6.22. The zero-order chi connectivity index (χ0) is 13.0. The molecular formula is C14H14ClNOS. The Morgan fingerprint density at radius 1 is 1.22 bits per heavy atom. The lowest BCUT2D eigenvalue weighted by Crippen LogP contribution is -2.00. The second kappa shape index (κ2) is 6.03. The van der Waals surface area contributed by atoms with Gasteiger partial charge in [0.1, 0.15) is 6.61 Å². The molecule has 1 aromatic heterocycles. The molecule has 3 rings (SSSR count). The minimum Gasteiger partial charge on any atom is -0.391 e. The number of benzene rings is 1. The summed E-state index contributed by atoms with van der Waals surface area (Å²) in [7, 11) is 0. The van der Waals surface area contributed by atoms with E-state index in [-0.39, 0.29) is 0 Å². The molecule has 0 aliphatic carbocycles. The number of rotatable bonds is 1. The first-order valence-electron chi connectivity index (χ1n) is 5.87. The first-order valence-corrected chi connectivity index (χ1v) is 7.06. The molecule has 0 amide bonds. The lowest BCUT2D eigenvalue weighted by atomic mass is 10.0. The second-order valence-corrected chi connectivity index (χ2v) is 5.24. The molecule has 18 heavy (non-hydrogen) atoms. The molecule has 0 bridgehead atoms. The van der Waals surface area contributed by atoms with Crippen LogP contribution in [0.25, 0.3) is 10.4 Å². The van der Waals surface area contributed by atoms with E-state index < -0.39 is 0 Å². The van der Waals surface area contributed by atoms with Gasteiger partial charge in [-0.3, -0.25) is 0 Å². The maximum atomic E-state index is 5.93. The van der Waals surface area contributed by atoms with Crippen molar-refractivity contribution in [3.05, 3.63) is 45.8 Å². The highest BCUT2D eigenvalue weighted by molar-refractivity contribution is 7.19. The van der Waals surface area contributed by atoms with Gasteiger partial charge in [-0.2, -0.15) is 0 Å². The molecule has 1 aromatic carbocycles. The van der Waals surface area contributed by atoms with Gasteiger partial charge in [0, 0.05) is 16.0 Å². The molecule has 0 spiro atoms. The summed E-state index contributed by atoms with van der Waals surface area (Å²) in [5.74, 6) is 0. The Morgan fingerprint density at radius 2 is 2.06 bits per heavy atom. The highest BCUT2D eigenvalue weighted by Gasteiger charge is 2.09. The highest BCUT2D eigenvalue weighted by atomic mass is 35.5. The maximum Gasteiger partial charge on any atom is 0.142 e. The quantitative estimate of drug-likeness (QED) is 0.723. The van der Waals surface area contributed by atoms with E-state index in [0.29, 0.717) is 6.61 Å². The Bertz CT molecular complexity index is 563. The fourth-order valence-electron chi connectivity index (χ4n) is 1.68. The molecule has 1 aliphatic heterocycles. The van der Waals surface area contributed by atoms with Gasteiger partial charge in [0.15, 0.2) is 0 Å². The van der Waals surface area contributed by atoms with E-state index >= 15 is 0 Å². The Balaban J connectivity index is 0.000000574. The van der Waals surface area contributed by atoms with Crippen molar-refractivity contribution in [1.29, 1.82) is 0 Å². The van der Waals surface area contributed by atoms with Gasteiger partial charge in [-0.05, 0) is 23.8 Å². The van der Waals surface area contributed by atoms with Crippen molar-refractivity contribution in [1.82, 2.24) is 0 Å². The van der Waals surface area contributed by atoms with Crippen LogP contribution in [0.5, 0.6) is 0 Å². The first-order chi connectivity index (χ1) is 8.83. The number of thiophene rings is 1. The predicted molar refractivity (Wildman–Crippen MR) is 78.5 cm³/mol. The average Bonchev–Trinajstić information content (AvgIpc) is 2.87. The van der Waals surface area contributed by atoms with Crippen LogP contribution < -0.4 is 0 Å². The molecule has 0 fully saturated rings. The van der Waals surface area contributed by atoms with Gasteiger partial charge >= 0.3 is 0 Å². The van der Waals surface area contributed by atoms with Crippen LogP contribution in [0, 0.1) is 0 Å². The smallest absolute Gasteiger partial charge is 0.142 e. The summed E-state index contributed by atoms with van der Waals surface area (Å²) in [5, 5.41) is 3.78. The Labute approximate surface area is 116 Å². The Hall–Kier alpha value is -1.32. The van der Waals surface area contributed by atoms with E-state index in [2.05, 4.69) is 23.4 Å². The number of halogens is 1. The van der Waals surface area contributed by atoms with Crippen molar-refractivity contribution >= 4 is 29.2 Å². The van der Waals surface area contributed by atoms with E-state index in [1.54, 1.807) is 17.6 Å². The van der Waals surface area contributed by atoms with Crippen LogP contribution in [0.2, 0.25) is 4.34 Å². The summed E-state index contributed by atoms with van der Waals surface area (Å²) in [6.45, 7) is 4.54. The minimum absolute atomic E-state index is 0.540. The van der Waals surface area contributed by atoms with Crippen molar-refractivity contribution in [2.45, 2.75) is 20.5 Å². The molecule has 94 valence electrons. The molecule has 2 nitrogen and oxygen atoms in total. The van der Waals surface area contributed by atoms with Crippen molar-refractivity contribution in [3.8, 4) is 10.4 Å². The van der Waals surface area contributed by atoms with Crippen molar-refractivity contribution in [3.63, 3.8) is 0 Å². The second-order valence-electron chi connectivity index (χ2n) is 3.53. The third kappa shape index (κ3) is 2.74. The minimum atomic E-state index is 0.540. The summed E-state index contributed by atoms with van der Waals surface area (Å²) >= 11 is 7.51. The molecule has 2 aromatic rings. The molecule has 0 atom stereocenters. The van der Waals surface area contributed by atoms with Gasteiger partial charge < -0.3 is 4.84 Å². The van der Waals surface area contributed by atoms with Crippen LogP contribution >= 0.6 is 22.9 Å². The lowest BCUT2D eigenvalue weighted by Gasteiger charge is -2.10. The molecule has 0 saturated carbocycles. The zero-order valence-corrected chi connectivity index (χ0v) is 11.9. The average molecular weight is 280 g/mol. The van der Waals surface area contributed by atoms with Gasteiger partial charge in [0.25, 0.3) is 0 Å². The van der Waals surface area contributed by atoms with Crippen LogP contribution in [0.15, 0.2) is 35.5 Å². The largest absolute Gasteiger partial charge is 0.391 e. The third-order valence-corrected chi connectivity index (χ3v) is 3.77. The van der Waals surface area contributed by atoms with E-state index in [0.717, 1.165) is 15.5 Å². The first kappa shape index (κ1) is 13.1. The van der Waals surface area contributed by atoms with Gasteiger partial charge in [0.05, 0.1) is 10.6 Å². The van der Waals surface area contributed by atoms with Gasteiger partial charge in [-0.1, -0.05) is 42.7 Å². The summed E-state index contributed by atoms with van der Waals surface area (Å²) in [5.41, 5.74) is 3.46. The number of hydrogen-bond donors (Lipinski definition) is 0. The Kier molecular flexibility index (Phi) is 4.39. The van der Waals surface area contributed by atoms with Gasteiger partial charge in [-0.15, -0.1) is 11.3 Å². The predicted octanol–water partition coefficient (Wildman–Crippen LogP) is 4.96. The highest BCUT2D eigenvalue weighted by Crippen LogP contribution is 2.32. The normalized spacial score (nSPS) is 12.2. The van der Waals surface area contributed by atoms with Crippen molar-refractivity contribution in [2.24, 2.45) is 5.16 Å². The fourth-order valence-corrected chi connectivity index (χ4v) is 2.72. The van der Waals surface area contributed by atoms with Crippen LogP contribution in [0.3, 0.4) is 0 Å². The van der Waals surface area contributed by atoms with E-state index in [1.165, 1.54) is 10.4 Å². The zero-order valence-electron chi connectivity index (χ0n) is 10.3. The van der Waals surface area contributed by atoms with E-state index in [9.17, 15) is 0 Å². The monoisotopic (exact) mass is 279 g/mol. The third-order valence-electron chi connectivity index (χ3n) is 2.49. The van der Waals surface area contributed by atoms with Crippen molar-refractivity contribution in [2.75, 3.05) is 0 Å². The van der Waals surface area contributed by atoms with Crippen LogP contribution in [0.1, 0.15) is 25.0 Å². The van der Waals surface area contributed by atoms with E-state index in [4.69, 9.17) is 16.4 Å². The van der Waals surface area contributed by atoms with E-state index in [1.807, 2.05) is 26.0 Å². The molecule has 4 heteroatoms. The molecule has 0 unspecified atom stereocenters. The standard InChI is InChI=1S/C12H8ClNOS.C2H6/c13-12-4-3-11(16-12)8-1-2-9-6-14-15-7-10(9)5-8;1-2/h1-6H,7H2;1-2H3. The number of fused-ring (bicyclic) bond motifs is 1. The van der Waals surface area contributed by atoms with Crippen LogP contribution in [-0.2, 0) is 11.4 Å². The van der Waals surface area contributed by atoms with Gasteiger partial charge in [0.2, 0.25) is 0 Å². The molecule has 0 saturated heterocycles. The molecular weight excluding hydrogens is 266 g/mol. The van der Waals surface area contributed by atoms with Crippen LogP contribution in [0.4, 0.5) is 0 Å². The number of hydrogen-bond acceptors (Lipinski definition) is 3. The van der Waals surface area contributed by atoms with Gasteiger partial charge in [-0.25, -0.2) is 0 Å². The van der Waals surface area contributed by atoms with Crippen LogP contribution in [-0.4, -0.2) is 6.21 Å². The molecule has 0 N–H and O–H groups in total. The summed E-state index contributed by atoms with van der Waals surface area (Å²) in [6.07, 6.45) is 1.74. The summed E-state index contributed by atoms with van der Waals surface area (Å²) < 4.78 is 0.811. The topological polar surface area (TPSA) is 21.6 Å². The number of oxime groups is 1. The Morgan fingerprint density at radius 3 is 2.78 bits per heavy atom. The number of nitrogens with zero attached hydrogens (tertiary/aromatic N) is 1. The van der Waals surface area contributed by atoms with Crippen molar-refractivity contribution < 1.29 is 4.84 Å². The molecule has 0 radical (unpaired) electrons. The summed E-state index contributed by atoms with van der Waals surface area (Å²) in [6, 6.07) is 10.2. The maximum absolute atomic E-state index is 5.93. The SMILES string of the molecule is CC.Clc1ccc(-c2ccc3c(c2)CON=C3)s1. The molecule has 2 heterocycles.